The lowest BCUT2D eigenvalue weighted by Gasteiger charge is -2.02. The van der Waals surface area contributed by atoms with Crippen molar-refractivity contribution in [3.8, 4) is 0 Å². The van der Waals surface area contributed by atoms with Crippen molar-refractivity contribution in [3.63, 3.8) is 0 Å². The molecule has 1 heterocycles. The monoisotopic (exact) mass is 289 g/mol. The van der Waals surface area contributed by atoms with E-state index in [1.54, 1.807) is 6.20 Å². The number of nitrogens with zero attached hydrogens (tertiary/aromatic N) is 1. The molecule has 0 aromatic carbocycles. The number of rotatable bonds is 5. The van der Waals surface area contributed by atoms with Crippen LogP contribution < -0.4 is 10.6 Å². The highest BCUT2D eigenvalue weighted by Crippen LogP contribution is 2.23. The van der Waals surface area contributed by atoms with Crippen LogP contribution in [0.4, 0.5) is 5.13 Å². The number of carbonyl (C=O) groups is 1. The Bertz CT molecular complexity index is 351. The molecule has 15 heavy (non-hydrogen) atoms. The largest absolute Gasteiger partial charge is 0.313 e. The van der Waals surface area contributed by atoms with Gasteiger partial charge in [-0.15, -0.1) is 0 Å². The first-order chi connectivity index (χ1) is 7.24. The number of thiazole rings is 1. The lowest BCUT2D eigenvalue weighted by Crippen LogP contribution is -2.23. The molecule has 6 heteroatoms. The molecular weight excluding hydrogens is 278 g/mol. The molecule has 1 aromatic heterocycles. The maximum Gasteiger partial charge on any atom is 0.227 e. The van der Waals surface area contributed by atoms with Gasteiger partial charge in [0.25, 0.3) is 0 Å². The van der Waals surface area contributed by atoms with Crippen molar-refractivity contribution in [2.24, 2.45) is 0 Å². The van der Waals surface area contributed by atoms with Crippen LogP contribution in [0, 0.1) is 0 Å². The molecule has 2 N–H and O–H groups in total. The van der Waals surface area contributed by atoms with Gasteiger partial charge >= 0.3 is 0 Å². The third-order valence-corrected chi connectivity index (χ3v) is 3.48. The minimum atomic E-state index is 0.0185. The van der Waals surface area contributed by atoms with Gasteiger partial charge in [0.2, 0.25) is 5.91 Å². The SMILES string of the molecule is O=C(CCNC1CC1)Nc1ncc(Br)s1. The van der Waals surface area contributed by atoms with Gasteiger partial charge in [0.1, 0.15) is 0 Å². The number of aromatic nitrogens is 1. The second-order valence-corrected chi connectivity index (χ2v) is 5.91. The minimum absolute atomic E-state index is 0.0185. The highest BCUT2D eigenvalue weighted by molar-refractivity contribution is 9.11. The Morgan fingerprint density at radius 2 is 2.47 bits per heavy atom. The first-order valence-electron chi connectivity index (χ1n) is 4.88. The number of carbonyl (C=O) groups excluding carboxylic acids is 1. The van der Waals surface area contributed by atoms with E-state index in [0.717, 1.165) is 10.3 Å². The van der Waals surface area contributed by atoms with Crippen LogP contribution in [0.15, 0.2) is 9.98 Å². The molecule has 1 amide bonds. The predicted molar refractivity (Wildman–Crippen MR) is 64.1 cm³/mol. The van der Waals surface area contributed by atoms with Crippen LogP contribution in [-0.4, -0.2) is 23.5 Å². The second kappa shape index (κ2) is 5.05. The van der Waals surface area contributed by atoms with Gasteiger partial charge in [-0.05, 0) is 28.8 Å². The zero-order valence-corrected chi connectivity index (χ0v) is 10.5. The summed E-state index contributed by atoms with van der Waals surface area (Å²) in [5.74, 6) is 0.0185. The van der Waals surface area contributed by atoms with Gasteiger partial charge < -0.3 is 10.6 Å². The number of amides is 1. The maximum atomic E-state index is 11.4. The molecule has 1 fully saturated rings. The normalized spacial score (nSPS) is 15.3. The van der Waals surface area contributed by atoms with Crippen LogP contribution in [0.2, 0.25) is 0 Å². The van der Waals surface area contributed by atoms with E-state index >= 15 is 0 Å². The highest BCUT2D eigenvalue weighted by atomic mass is 79.9. The van der Waals surface area contributed by atoms with Gasteiger partial charge in [-0.3, -0.25) is 4.79 Å². The van der Waals surface area contributed by atoms with E-state index in [0.29, 0.717) is 17.6 Å². The fraction of sp³-hybridized carbons (Fsp3) is 0.556. The topological polar surface area (TPSA) is 54.0 Å². The van der Waals surface area contributed by atoms with E-state index in [4.69, 9.17) is 0 Å². The average molecular weight is 290 g/mol. The van der Waals surface area contributed by atoms with E-state index in [2.05, 4.69) is 31.5 Å². The van der Waals surface area contributed by atoms with Crippen LogP contribution in [0.3, 0.4) is 0 Å². The summed E-state index contributed by atoms with van der Waals surface area (Å²) in [6, 6.07) is 0.659. The van der Waals surface area contributed by atoms with E-state index in [9.17, 15) is 4.79 Å². The van der Waals surface area contributed by atoms with E-state index in [1.165, 1.54) is 24.2 Å². The number of anilines is 1. The summed E-state index contributed by atoms with van der Waals surface area (Å²) in [6.07, 6.45) is 4.69. The van der Waals surface area contributed by atoms with E-state index in [-0.39, 0.29) is 5.91 Å². The summed E-state index contributed by atoms with van der Waals surface area (Å²) in [5, 5.41) is 6.70. The molecule has 82 valence electrons. The number of nitrogens with one attached hydrogen (secondary N) is 2. The zero-order valence-electron chi connectivity index (χ0n) is 8.12. The molecule has 1 saturated carbocycles. The fourth-order valence-electron chi connectivity index (χ4n) is 1.17. The van der Waals surface area contributed by atoms with Crippen molar-refractivity contribution < 1.29 is 4.79 Å². The van der Waals surface area contributed by atoms with Gasteiger partial charge in [-0.2, -0.15) is 0 Å². The van der Waals surface area contributed by atoms with Crippen molar-refractivity contribution in [3.05, 3.63) is 9.98 Å². The number of hydrogen-bond donors (Lipinski definition) is 2. The van der Waals surface area contributed by atoms with Crippen LogP contribution >= 0.6 is 27.3 Å². The van der Waals surface area contributed by atoms with Gasteiger partial charge in [0.15, 0.2) is 5.13 Å². The van der Waals surface area contributed by atoms with E-state index in [1.807, 2.05) is 0 Å². The molecule has 2 rings (SSSR count). The van der Waals surface area contributed by atoms with Crippen LogP contribution in [0.25, 0.3) is 0 Å². The Hall–Kier alpha value is -0.460. The first-order valence-corrected chi connectivity index (χ1v) is 6.49. The Labute approximate surface area is 101 Å². The zero-order chi connectivity index (χ0) is 10.7. The van der Waals surface area contributed by atoms with Crippen molar-refractivity contribution in [1.82, 2.24) is 10.3 Å². The molecule has 4 nitrogen and oxygen atoms in total. The molecule has 0 saturated heterocycles. The highest BCUT2D eigenvalue weighted by Gasteiger charge is 2.20. The molecule has 1 aliphatic rings. The third kappa shape index (κ3) is 3.89. The summed E-state index contributed by atoms with van der Waals surface area (Å²) in [6.45, 7) is 0.753. The third-order valence-electron chi connectivity index (χ3n) is 2.09. The van der Waals surface area contributed by atoms with Crippen molar-refractivity contribution in [2.45, 2.75) is 25.3 Å². The number of hydrogen-bond acceptors (Lipinski definition) is 4. The quantitative estimate of drug-likeness (QED) is 0.872. The van der Waals surface area contributed by atoms with E-state index < -0.39 is 0 Å². The van der Waals surface area contributed by atoms with Gasteiger partial charge in [0, 0.05) is 19.0 Å². The molecular formula is C9H12BrN3OS. The summed E-state index contributed by atoms with van der Waals surface area (Å²) in [7, 11) is 0. The molecule has 1 aromatic rings. The molecule has 0 unspecified atom stereocenters. The molecule has 1 aliphatic carbocycles. The lowest BCUT2D eigenvalue weighted by atomic mass is 10.4. The van der Waals surface area contributed by atoms with Crippen LogP contribution in [-0.2, 0) is 4.79 Å². The standard InChI is InChI=1S/C9H12BrN3OS/c10-7-5-12-9(15-7)13-8(14)3-4-11-6-1-2-6/h5-6,11H,1-4H2,(H,12,13,14). The molecule has 0 spiro atoms. The van der Waals surface area contributed by atoms with Crippen molar-refractivity contribution in [1.29, 1.82) is 0 Å². The molecule has 0 atom stereocenters. The van der Waals surface area contributed by atoms with Crippen LogP contribution in [0.1, 0.15) is 19.3 Å². The predicted octanol–water partition coefficient (Wildman–Crippen LogP) is 1.99. The Morgan fingerprint density at radius 1 is 1.67 bits per heavy atom. The molecule has 0 radical (unpaired) electrons. The van der Waals surface area contributed by atoms with Crippen LogP contribution in [0.5, 0.6) is 0 Å². The molecule has 0 bridgehead atoms. The Kier molecular flexibility index (Phi) is 3.71. The van der Waals surface area contributed by atoms with Crippen molar-refractivity contribution >= 4 is 38.3 Å². The number of halogens is 1. The molecule has 0 aliphatic heterocycles. The smallest absolute Gasteiger partial charge is 0.227 e. The average Bonchev–Trinajstić information content (AvgIpc) is 2.91. The van der Waals surface area contributed by atoms with Gasteiger partial charge in [-0.25, -0.2) is 4.98 Å². The fourth-order valence-corrected chi connectivity index (χ4v) is 2.29. The summed E-state index contributed by atoms with van der Waals surface area (Å²) < 4.78 is 0.925. The summed E-state index contributed by atoms with van der Waals surface area (Å²) in [5.41, 5.74) is 0. The minimum Gasteiger partial charge on any atom is -0.313 e. The van der Waals surface area contributed by atoms with Gasteiger partial charge in [-0.1, -0.05) is 11.3 Å². The van der Waals surface area contributed by atoms with Crippen molar-refractivity contribution in [2.75, 3.05) is 11.9 Å². The lowest BCUT2D eigenvalue weighted by molar-refractivity contribution is -0.116. The Morgan fingerprint density at radius 3 is 3.07 bits per heavy atom. The first kappa shape index (κ1) is 11.0. The maximum absolute atomic E-state index is 11.4. The second-order valence-electron chi connectivity index (χ2n) is 3.50. The summed E-state index contributed by atoms with van der Waals surface area (Å²) in [4.78, 5) is 15.5. The van der Waals surface area contributed by atoms with Gasteiger partial charge in [0.05, 0.1) is 9.98 Å². The summed E-state index contributed by atoms with van der Waals surface area (Å²) >= 11 is 4.72. The Balaban J connectivity index is 1.67.